The molecule has 0 aliphatic heterocycles. The highest BCUT2D eigenvalue weighted by molar-refractivity contribution is 7.99. The number of phenolic OH excluding ortho intramolecular Hbond substituents is 1. The first-order valence-electron chi connectivity index (χ1n) is 6.10. The van der Waals surface area contributed by atoms with Gasteiger partial charge < -0.3 is 10.1 Å². The predicted octanol–water partition coefficient (Wildman–Crippen LogP) is 0.817. The van der Waals surface area contributed by atoms with E-state index in [1.165, 1.54) is 23.4 Å². The largest absolute Gasteiger partial charge is 0.508 e. The van der Waals surface area contributed by atoms with Crippen molar-refractivity contribution in [3.63, 3.8) is 0 Å². The van der Waals surface area contributed by atoms with E-state index in [0.29, 0.717) is 10.8 Å². The van der Waals surface area contributed by atoms with E-state index in [0.717, 1.165) is 9.46 Å². The molecule has 0 bridgehead atoms. The van der Waals surface area contributed by atoms with Crippen LogP contribution in [0.5, 0.6) is 5.75 Å². The number of fused-ring (bicyclic) bond motifs is 1. The third-order valence-corrected chi connectivity index (χ3v) is 3.98. The summed E-state index contributed by atoms with van der Waals surface area (Å²) < 4.78 is 2.35. The fourth-order valence-corrected chi connectivity index (χ4v) is 2.85. The van der Waals surface area contributed by atoms with Crippen molar-refractivity contribution in [2.75, 3.05) is 0 Å². The number of aryl methyl sites for hydroxylation is 1. The SMILES string of the molecule is Cn1c(=O)c2[nH]c(Sc3cccc(O)c3)nc2n(C)c1=O. The number of aromatic amines is 1. The van der Waals surface area contributed by atoms with Crippen molar-refractivity contribution in [2.24, 2.45) is 14.1 Å². The molecule has 2 heterocycles. The molecule has 0 aliphatic carbocycles. The highest BCUT2D eigenvalue weighted by Crippen LogP contribution is 2.28. The van der Waals surface area contributed by atoms with Crippen molar-refractivity contribution in [3.05, 3.63) is 45.1 Å². The Balaban J connectivity index is 2.14. The Morgan fingerprint density at radius 1 is 1.24 bits per heavy atom. The van der Waals surface area contributed by atoms with Crippen molar-refractivity contribution < 1.29 is 5.11 Å². The number of aromatic nitrogens is 4. The maximum absolute atomic E-state index is 12.1. The summed E-state index contributed by atoms with van der Waals surface area (Å²) in [5, 5.41) is 9.93. The Morgan fingerprint density at radius 2 is 2.00 bits per heavy atom. The Morgan fingerprint density at radius 3 is 2.71 bits per heavy atom. The molecule has 0 amide bonds. The van der Waals surface area contributed by atoms with Gasteiger partial charge in [0.25, 0.3) is 5.56 Å². The summed E-state index contributed by atoms with van der Waals surface area (Å²) in [6, 6.07) is 6.70. The number of hydrogen-bond donors (Lipinski definition) is 2. The van der Waals surface area contributed by atoms with Crippen LogP contribution in [0, 0.1) is 0 Å². The maximum Gasteiger partial charge on any atom is 0.332 e. The standard InChI is InChI=1S/C13H12N4O3S/c1-16-10-9(11(19)17(2)13(16)20)14-12(15-10)21-8-5-3-4-7(18)6-8/h3-6,18H,1-2H3,(H,14,15). The number of phenols is 1. The van der Waals surface area contributed by atoms with Crippen LogP contribution in [0.3, 0.4) is 0 Å². The molecule has 0 spiro atoms. The minimum atomic E-state index is -0.423. The molecular weight excluding hydrogens is 292 g/mol. The van der Waals surface area contributed by atoms with Gasteiger partial charge in [0.1, 0.15) is 5.75 Å². The summed E-state index contributed by atoms with van der Waals surface area (Å²) in [6.07, 6.45) is 0. The van der Waals surface area contributed by atoms with E-state index in [1.807, 2.05) is 6.07 Å². The molecule has 0 atom stereocenters. The summed E-state index contributed by atoms with van der Waals surface area (Å²) in [7, 11) is 2.99. The molecule has 7 nitrogen and oxygen atoms in total. The maximum atomic E-state index is 12.1. The van der Waals surface area contributed by atoms with Crippen molar-refractivity contribution in [2.45, 2.75) is 10.1 Å². The van der Waals surface area contributed by atoms with Gasteiger partial charge in [-0.3, -0.25) is 13.9 Å². The normalized spacial score (nSPS) is 11.1. The van der Waals surface area contributed by atoms with Crippen molar-refractivity contribution in [1.29, 1.82) is 0 Å². The molecule has 0 fully saturated rings. The first-order valence-corrected chi connectivity index (χ1v) is 6.91. The van der Waals surface area contributed by atoms with Gasteiger partial charge in [-0.1, -0.05) is 17.8 Å². The number of H-pyrrole nitrogens is 1. The number of nitrogens with one attached hydrogen (secondary N) is 1. The van der Waals surface area contributed by atoms with Crippen LogP contribution in [0.4, 0.5) is 0 Å². The van der Waals surface area contributed by atoms with Gasteiger partial charge in [0.05, 0.1) is 0 Å². The third-order valence-electron chi connectivity index (χ3n) is 3.11. The summed E-state index contributed by atoms with van der Waals surface area (Å²) in [5.41, 5.74) is -0.246. The number of aromatic hydroxyl groups is 1. The number of nitrogens with zero attached hydrogens (tertiary/aromatic N) is 3. The predicted molar refractivity (Wildman–Crippen MR) is 78.8 cm³/mol. The fraction of sp³-hybridized carbons (Fsp3) is 0.154. The van der Waals surface area contributed by atoms with Gasteiger partial charge >= 0.3 is 5.69 Å². The Hall–Kier alpha value is -2.48. The molecular formula is C13H12N4O3S. The van der Waals surface area contributed by atoms with Crippen molar-refractivity contribution >= 4 is 22.9 Å². The first-order chi connectivity index (χ1) is 9.97. The first kappa shape index (κ1) is 13.5. The molecule has 2 aromatic heterocycles. The van der Waals surface area contributed by atoms with Crippen LogP contribution in [-0.4, -0.2) is 24.2 Å². The lowest BCUT2D eigenvalue weighted by atomic mass is 10.3. The minimum absolute atomic E-state index is 0.152. The lowest BCUT2D eigenvalue weighted by molar-refractivity contribution is 0.474. The number of benzene rings is 1. The van der Waals surface area contributed by atoms with E-state index in [2.05, 4.69) is 9.97 Å². The molecule has 1 aromatic carbocycles. The number of hydrogen-bond acceptors (Lipinski definition) is 5. The molecule has 3 aromatic rings. The van der Waals surface area contributed by atoms with E-state index < -0.39 is 11.2 Å². The molecule has 0 radical (unpaired) electrons. The van der Waals surface area contributed by atoms with Crippen LogP contribution in [-0.2, 0) is 14.1 Å². The highest BCUT2D eigenvalue weighted by Gasteiger charge is 2.14. The highest BCUT2D eigenvalue weighted by atomic mass is 32.2. The van der Waals surface area contributed by atoms with Gasteiger partial charge in [-0.25, -0.2) is 9.78 Å². The summed E-state index contributed by atoms with van der Waals surface area (Å²) in [4.78, 5) is 31.9. The zero-order valence-electron chi connectivity index (χ0n) is 11.3. The molecule has 2 N–H and O–H groups in total. The minimum Gasteiger partial charge on any atom is -0.508 e. The smallest absolute Gasteiger partial charge is 0.332 e. The van der Waals surface area contributed by atoms with Gasteiger partial charge in [-0.2, -0.15) is 0 Å². The average Bonchev–Trinajstić information content (AvgIpc) is 2.87. The Labute approximate surface area is 122 Å². The monoisotopic (exact) mass is 304 g/mol. The lowest BCUT2D eigenvalue weighted by Crippen LogP contribution is -2.36. The van der Waals surface area contributed by atoms with E-state index >= 15 is 0 Å². The summed E-state index contributed by atoms with van der Waals surface area (Å²) in [6.45, 7) is 0. The van der Waals surface area contributed by atoms with Crippen LogP contribution >= 0.6 is 11.8 Å². The second-order valence-corrected chi connectivity index (χ2v) is 5.61. The Bertz CT molecular complexity index is 954. The van der Waals surface area contributed by atoms with Crippen molar-refractivity contribution in [3.8, 4) is 5.75 Å². The van der Waals surface area contributed by atoms with E-state index in [4.69, 9.17) is 0 Å². The van der Waals surface area contributed by atoms with E-state index in [9.17, 15) is 14.7 Å². The third kappa shape index (κ3) is 2.23. The van der Waals surface area contributed by atoms with Crippen LogP contribution in [0.2, 0.25) is 0 Å². The zero-order chi connectivity index (χ0) is 15.1. The molecule has 21 heavy (non-hydrogen) atoms. The molecule has 0 saturated heterocycles. The second-order valence-electron chi connectivity index (χ2n) is 4.55. The number of rotatable bonds is 2. The van der Waals surface area contributed by atoms with Crippen LogP contribution in [0.1, 0.15) is 0 Å². The zero-order valence-corrected chi connectivity index (χ0v) is 12.1. The summed E-state index contributed by atoms with van der Waals surface area (Å²) in [5.74, 6) is 0.152. The Kier molecular flexibility index (Phi) is 3.09. The summed E-state index contributed by atoms with van der Waals surface area (Å²) >= 11 is 1.27. The quantitative estimate of drug-likeness (QED) is 0.731. The van der Waals surface area contributed by atoms with Gasteiger partial charge in [-0.15, -0.1) is 0 Å². The van der Waals surface area contributed by atoms with Crippen molar-refractivity contribution in [1.82, 2.24) is 19.1 Å². The van der Waals surface area contributed by atoms with Crippen LogP contribution in [0.25, 0.3) is 11.2 Å². The van der Waals surface area contributed by atoms with Gasteiger partial charge in [-0.05, 0) is 18.2 Å². The van der Waals surface area contributed by atoms with E-state index in [1.54, 1.807) is 25.2 Å². The van der Waals surface area contributed by atoms with E-state index in [-0.39, 0.29) is 11.3 Å². The molecule has 0 unspecified atom stereocenters. The lowest BCUT2D eigenvalue weighted by Gasteiger charge is -2.00. The fourth-order valence-electron chi connectivity index (χ4n) is 2.01. The second kappa shape index (κ2) is 4.81. The topological polar surface area (TPSA) is 92.9 Å². The van der Waals surface area contributed by atoms with Gasteiger partial charge in [0.2, 0.25) is 0 Å². The molecule has 0 saturated carbocycles. The van der Waals surface area contributed by atoms with Crippen LogP contribution in [0.15, 0.2) is 43.9 Å². The van der Waals surface area contributed by atoms with Gasteiger partial charge in [0.15, 0.2) is 16.3 Å². The van der Waals surface area contributed by atoms with Crippen LogP contribution < -0.4 is 11.2 Å². The average molecular weight is 304 g/mol. The molecule has 8 heteroatoms. The van der Waals surface area contributed by atoms with Gasteiger partial charge in [0, 0.05) is 19.0 Å². The number of imidazole rings is 1. The molecule has 3 rings (SSSR count). The molecule has 108 valence electrons. The molecule has 0 aliphatic rings.